The lowest BCUT2D eigenvalue weighted by Crippen LogP contribution is -2.40. The molecular weight excluding hydrogens is 489 g/mol. The molecule has 1 amide bonds. The normalized spacial score (nSPS) is 15.3. The Kier molecular flexibility index (Phi) is 8.25. The molecule has 1 aliphatic rings. The lowest BCUT2D eigenvalue weighted by molar-refractivity contribution is -0.116. The van der Waals surface area contributed by atoms with Crippen LogP contribution in [0.4, 0.5) is 10.1 Å². The first-order valence-electron chi connectivity index (χ1n) is 10.3. The summed E-state index contributed by atoms with van der Waals surface area (Å²) >= 11 is 0. The van der Waals surface area contributed by atoms with Crippen molar-refractivity contribution in [3.05, 3.63) is 53.8 Å². The molecule has 1 saturated heterocycles. The number of carbonyl (C=O) groups excluding carboxylic acids is 1. The van der Waals surface area contributed by atoms with Gasteiger partial charge >= 0.3 is 0 Å². The van der Waals surface area contributed by atoms with Crippen LogP contribution < -0.4 is 10.1 Å². The molecule has 3 rings (SSSR count). The van der Waals surface area contributed by atoms with Gasteiger partial charge in [0.15, 0.2) is 0 Å². The molecule has 0 spiro atoms. The number of amides is 1. The van der Waals surface area contributed by atoms with E-state index in [9.17, 15) is 26.0 Å². The lowest BCUT2D eigenvalue weighted by atomic mass is 10.2. The molecule has 13 heteroatoms. The van der Waals surface area contributed by atoms with E-state index in [-0.39, 0.29) is 54.7 Å². The van der Waals surface area contributed by atoms with Crippen LogP contribution >= 0.6 is 0 Å². The minimum atomic E-state index is -3.87. The molecule has 0 bridgehead atoms. The van der Waals surface area contributed by atoms with Gasteiger partial charge < -0.3 is 14.8 Å². The number of nitrogens with one attached hydrogen (secondary N) is 1. The third kappa shape index (κ3) is 6.30. The maximum absolute atomic E-state index is 14.0. The number of ether oxygens (including phenoxy) is 2. The number of carbonyl (C=O) groups is 1. The molecule has 1 aliphatic heterocycles. The SMILES string of the molecule is COc1ccc(S(=O)(=O)N2CCOCC2)cc1NC(=O)CN(Cc1ccccc1F)S(C)(=O)=O. The highest BCUT2D eigenvalue weighted by molar-refractivity contribution is 7.89. The number of benzene rings is 2. The van der Waals surface area contributed by atoms with Crippen LogP contribution in [0, 0.1) is 5.82 Å². The Morgan fingerprint density at radius 1 is 1.15 bits per heavy atom. The van der Waals surface area contributed by atoms with Gasteiger partial charge in [-0.05, 0) is 24.3 Å². The molecular formula is C21H26FN3O7S2. The summed E-state index contributed by atoms with van der Waals surface area (Å²) in [5.74, 6) is -1.16. The zero-order valence-electron chi connectivity index (χ0n) is 18.7. The summed E-state index contributed by atoms with van der Waals surface area (Å²) in [6.45, 7) is 0.00768. The highest BCUT2D eigenvalue weighted by Gasteiger charge is 2.28. The van der Waals surface area contributed by atoms with Crippen molar-refractivity contribution < 1.29 is 35.5 Å². The molecule has 0 saturated carbocycles. The van der Waals surface area contributed by atoms with E-state index in [1.807, 2.05) is 0 Å². The number of nitrogens with zero attached hydrogens (tertiary/aromatic N) is 2. The van der Waals surface area contributed by atoms with E-state index >= 15 is 0 Å². The quantitative estimate of drug-likeness (QED) is 0.533. The first kappa shape index (κ1) is 26.0. The van der Waals surface area contributed by atoms with Crippen LogP contribution in [0.2, 0.25) is 0 Å². The topological polar surface area (TPSA) is 122 Å². The van der Waals surface area contributed by atoms with Crippen molar-refractivity contribution in [2.75, 3.05) is 51.5 Å². The van der Waals surface area contributed by atoms with Crippen LogP contribution in [-0.2, 0) is 36.1 Å². The largest absolute Gasteiger partial charge is 0.495 e. The average molecular weight is 516 g/mol. The zero-order chi connectivity index (χ0) is 24.9. The Bertz CT molecular complexity index is 1250. The van der Waals surface area contributed by atoms with Crippen LogP contribution in [0.25, 0.3) is 0 Å². The molecule has 186 valence electrons. The molecule has 10 nitrogen and oxygen atoms in total. The third-order valence-corrected chi connectivity index (χ3v) is 8.24. The van der Waals surface area contributed by atoms with Crippen LogP contribution in [0.15, 0.2) is 47.4 Å². The van der Waals surface area contributed by atoms with Crippen molar-refractivity contribution in [1.82, 2.24) is 8.61 Å². The Labute approximate surface area is 198 Å². The van der Waals surface area contributed by atoms with E-state index in [0.717, 1.165) is 10.6 Å². The smallest absolute Gasteiger partial charge is 0.243 e. The Hall–Kier alpha value is -2.58. The van der Waals surface area contributed by atoms with Crippen molar-refractivity contribution in [2.24, 2.45) is 0 Å². The van der Waals surface area contributed by atoms with Gasteiger partial charge in [0.2, 0.25) is 26.0 Å². The maximum Gasteiger partial charge on any atom is 0.243 e. The summed E-state index contributed by atoms with van der Waals surface area (Å²) in [5.41, 5.74) is 0.165. The standard InChI is InChI=1S/C21H26FN3O7S2/c1-31-20-8-7-17(34(29,30)24-9-11-32-12-10-24)13-19(20)23-21(26)15-25(33(2,27)28)14-16-5-3-4-6-18(16)22/h3-8,13H,9-12,14-15H2,1-2H3,(H,23,26). The van der Waals surface area contributed by atoms with E-state index in [2.05, 4.69) is 5.32 Å². The zero-order valence-corrected chi connectivity index (χ0v) is 20.4. The average Bonchev–Trinajstić information content (AvgIpc) is 2.80. The van der Waals surface area contributed by atoms with Crippen molar-refractivity contribution in [3.63, 3.8) is 0 Å². The molecule has 1 fully saturated rings. The fraction of sp³-hybridized carbons (Fsp3) is 0.381. The predicted molar refractivity (Wildman–Crippen MR) is 123 cm³/mol. The van der Waals surface area contributed by atoms with Gasteiger partial charge in [0.25, 0.3) is 0 Å². The molecule has 0 unspecified atom stereocenters. The van der Waals surface area contributed by atoms with Gasteiger partial charge in [-0.3, -0.25) is 4.79 Å². The Morgan fingerprint density at radius 3 is 2.44 bits per heavy atom. The fourth-order valence-corrected chi connectivity index (χ4v) is 5.50. The predicted octanol–water partition coefficient (Wildman–Crippen LogP) is 1.26. The maximum atomic E-state index is 14.0. The van der Waals surface area contributed by atoms with Gasteiger partial charge in [-0.2, -0.15) is 8.61 Å². The second-order valence-corrected chi connectivity index (χ2v) is 11.5. The van der Waals surface area contributed by atoms with E-state index < -0.39 is 38.3 Å². The number of hydrogen-bond donors (Lipinski definition) is 1. The van der Waals surface area contributed by atoms with Gasteiger partial charge in [0.1, 0.15) is 11.6 Å². The van der Waals surface area contributed by atoms with Crippen molar-refractivity contribution in [1.29, 1.82) is 0 Å². The summed E-state index contributed by atoms with van der Waals surface area (Å²) in [7, 11) is -6.36. The minimum absolute atomic E-state index is 0.0566. The highest BCUT2D eigenvalue weighted by atomic mass is 32.2. The lowest BCUT2D eigenvalue weighted by Gasteiger charge is -2.26. The number of rotatable bonds is 9. The summed E-state index contributed by atoms with van der Waals surface area (Å²) < 4.78 is 76.9. The number of methoxy groups -OCH3 is 1. The van der Waals surface area contributed by atoms with Crippen LogP contribution in [-0.4, -0.2) is 77.6 Å². The number of hydrogen-bond acceptors (Lipinski definition) is 7. The molecule has 0 aromatic heterocycles. The second kappa shape index (κ2) is 10.8. The van der Waals surface area contributed by atoms with E-state index in [1.165, 1.54) is 47.8 Å². The number of morpholine rings is 1. The fourth-order valence-electron chi connectivity index (χ4n) is 3.34. The summed E-state index contributed by atoms with van der Waals surface area (Å²) in [6, 6.07) is 9.67. The third-order valence-electron chi connectivity index (χ3n) is 5.15. The van der Waals surface area contributed by atoms with Crippen molar-refractivity contribution >= 4 is 31.6 Å². The number of anilines is 1. The molecule has 1 N–H and O–H groups in total. The van der Waals surface area contributed by atoms with E-state index in [1.54, 1.807) is 6.07 Å². The van der Waals surface area contributed by atoms with E-state index in [4.69, 9.17) is 9.47 Å². The summed E-state index contributed by atoms with van der Waals surface area (Å²) in [6.07, 6.45) is 0.914. The number of sulfonamides is 2. The summed E-state index contributed by atoms with van der Waals surface area (Å²) in [4.78, 5) is 12.7. The van der Waals surface area contributed by atoms with Crippen LogP contribution in [0.1, 0.15) is 5.56 Å². The Balaban J connectivity index is 1.82. The minimum Gasteiger partial charge on any atom is -0.495 e. The van der Waals surface area contributed by atoms with Gasteiger partial charge in [0.05, 0.1) is 43.7 Å². The van der Waals surface area contributed by atoms with E-state index in [0.29, 0.717) is 0 Å². The first-order valence-corrected chi connectivity index (χ1v) is 13.6. The van der Waals surface area contributed by atoms with Gasteiger partial charge in [0, 0.05) is 25.2 Å². The molecule has 2 aromatic rings. The molecule has 0 atom stereocenters. The second-order valence-electron chi connectivity index (χ2n) is 7.55. The van der Waals surface area contributed by atoms with Gasteiger partial charge in [-0.25, -0.2) is 21.2 Å². The summed E-state index contributed by atoms with van der Waals surface area (Å²) in [5, 5.41) is 2.51. The van der Waals surface area contributed by atoms with Gasteiger partial charge in [-0.15, -0.1) is 0 Å². The van der Waals surface area contributed by atoms with Crippen molar-refractivity contribution in [2.45, 2.75) is 11.4 Å². The molecule has 0 aliphatic carbocycles. The van der Waals surface area contributed by atoms with Gasteiger partial charge in [-0.1, -0.05) is 18.2 Å². The Morgan fingerprint density at radius 2 is 1.82 bits per heavy atom. The molecule has 0 radical (unpaired) electrons. The van der Waals surface area contributed by atoms with Crippen molar-refractivity contribution in [3.8, 4) is 5.75 Å². The monoisotopic (exact) mass is 515 g/mol. The first-order chi connectivity index (χ1) is 16.0. The highest BCUT2D eigenvalue weighted by Crippen LogP contribution is 2.29. The molecule has 2 aromatic carbocycles. The molecule has 1 heterocycles. The van der Waals surface area contributed by atoms with Crippen LogP contribution in [0.5, 0.6) is 5.75 Å². The van der Waals surface area contributed by atoms with Crippen LogP contribution in [0.3, 0.4) is 0 Å². The number of halogens is 1. The molecule has 34 heavy (non-hydrogen) atoms.